The van der Waals surface area contributed by atoms with E-state index >= 15 is 0 Å². The highest BCUT2D eigenvalue weighted by molar-refractivity contribution is 5.71. The van der Waals surface area contributed by atoms with Gasteiger partial charge < -0.3 is 14.2 Å². The number of hydrogen-bond donors (Lipinski definition) is 0. The highest BCUT2D eigenvalue weighted by Crippen LogP contribution is 2.15. The molecule has 0 bridgehead atoms. The van der Waals surface area contributed by atoms with Crippen molar-refractivity contribution in [3.05, 3.63) is 134 Å². The molecular formula is C74H122O6. The SMILES string of the molecule is CC/C=C\C/C=C\C/C=C\C/C=C\C/C=C\C/C=C\C/C=C\CCCCCCCCCCCC(=O)OCC(COC(=O)CCCCCCC/C=C\CCC)OC(=O)CCCCCCCC/C=C\C/C=C\C/C=C\CCCCCCC. The molecule has 0 radical (unpaired) electrons. The van der Waals surface area contributed by atoms with Crippen LogP contribution in [-0.4, -0.2) is 37.2 Å². The molecule has 0 saturated heterocycles. The molecule has 80 heavy (non-hydrogen) atoms. The second kappa shape index (κ2) is 67.1. The van der Waals surface area contributed by atoms with Crippen molar-refractivity contribution in [3.63, 3.8) is 0 Å². The predicted octanol–water partition coefficient (Wildman–Crippen LogP) is 22.9. The van der Waals surface area contributed by atoms with Crippen LogP contribution in [0.15, 0.2) is 134 Å². The smallest absolute Gasteiger partial charge is 0.306 e. The second-order valence-corrected chi connectivity index (χ2v) is 21.6. The fourth-order valence-corrected chi connectivity index (χ4v) is 8.90. The van der Waals surface area contributed by atoms with E-state index in [2.05, 4.69) is 154 Å². The number of ether oxygens (including phenoxy) is 3. The molecule has 0 aromatic rings. The molecule has 0 aliphatic carbocycles. The fourth-order valence-electron chi connectivity index (χ4n) is 8.90. The number of allylic oxidation sites excluding steroid dienone is 22. The first kappa shape index (κ1) is 75.5. The van der Waals surface area contributed by atoms with Gasteiger partial charge in [0, 0.05) is 19.3 Å². The molecule has 0 rings (SSSR count). The first-order valence-electron chi connectivity index (χ1n) is 33.2. The molecule has 6 heteroatoms. The van der Waals surface area contributed by atoms with Gasteiger partial charge in [-0.3, -0.25) is 14.4 Å². The predicted molar refractivity (Wildman–Crippen MR) is 348 cm³/mol. The third-order valence-corrected chi connectivity index (χ3v) is 13.8. The maximum absolute atomic E-state index is 12.9. The van der Waals surface area contributed by atoms with Crippen LogP contribution in [0.5, 0.6) is 0 Å². The summed E-state index contributed by atoms with van der Waals surface area (Å²) in [6.07, 6.45) is 94.7. The lowest BCUT2D eigenvalue weighted by Gasteiger charge is -2.18. The average Bonchev–Trinajstić information content (AvgIpc) is 3.46. The van der Waals surface area contributed by atoms with E-state index in [-0.39, 0.29) is 31.1 Å². The Morgan fingerprint density at radius 2 is 0.512 bits per heavy atom. The molecule has 1 unspecified atom stereocenters. The Kier molecular flexibility index (Phi) is 63.3. The first-order valence-corrected chi connectivity index (χ1v) is 33.2. The van der Waals surface area contributed by atoms with Gasteiger partial charge in [0.15, 0.2) is 6.10 Å². The van der Waals surface area contributed by atoms with Crippen LogP contribution in [-0.2, 0) is 28.6 Å². The zero-order valence-electron chi connectivity index (χ0n) is 52.0. The molecule has 0 amide bonds. The van der Waals surface area contributed by atoms with E-state index < -0.39 is 6.10 Å². The molecular weight excluding hydrogens is 985 g/mol. The van der Waals surface area contributed by atoms with Gasteiger partial charge >= 0.3 is 17.9 Å². The van der Waals surface area contributed by atoms with Crippen LogP contribution in [0.1, 0.15) is 297 Å². The van der Waals surface area contributed by atoms with E-state index in [1.165, 1.54) is 103 Å². The van der Waals surface area contributed by atoms with Gasteiger partial charge in [-0.15, -0.1) is 0 Å². The van der Waals surface area contributed by atoms with Gasteiger partial charge in [0.2, 0.25) is 0 Å². The van der Waals surface area contributed by atoms with Crippen LogP contribution in [0.25, 0.3) is 0 Å². The van der Waals surface area contributed by atoms with Crippen molar-refractivity contribution in [2.24, 2.45) is 0 Å². The van der Waals surface area contributed by atoms with Gasteiger partial charge in [-0.1, -0.05) is 276 Å². The maximum Gasteiger partial charge on any atom is 0.306 e. The third-order valence-electron chi connectivity index (χ3n) is 13.8. The van der Waals surface area contributed by atoms with Crippen LogP contribution in [0, 0.1) is 0 Å². The van der Waals surface area contributed by atoms with E-state index in [0.717, 1.165) is 154 Å². The quantitative estimate of drug-likeness (QED) is 0.0261. The van der Waals surface area contributed by atoms with Gasteiger partial charge in [0.25, 0.3) is 0 Å². The van der Waals surface area contributed by atoms with E-state index in [0.29, 0.717) is 19.3 Å². The van der Waals surface area contributed by atoms with Crippen LogP contribution < -0.4 is 0 Å². The highest BCUT2D eigenvalue weighted by atomic mass is 16.6. The number of unbranched alkanes of at least 4 members (excludes halogenated alkanes) is 26. The minimum absolute atomic E-state index is 0.0921. The topological polar surface area (TPSA) is 78.9 Å². The monoisotopic (exact) mass is 1110 g/mol. The van der Waals surface area contributed by atoms with Gasteiger partial charge in [-0.2, -0.15) is 0 Å². The summed E-state index contributed by atoms with van der Waals surface area (Å²) in [5, 5.41) is 0. The van der Waals surface area contributed by atoms with Crippen LogP contribution in [0.4, 0.5) is 0 Å². The molecule has 6 nitrogen and oxygen atoms in total. The van der Waals surface area contributed by atoms with Crippen molar-refractivity contribution in [1.29, 1.82) is 0 Å². The zero-order chi connectivity index (χ0) is 57.8. The zero-order valence-corrected chi connectivity index (χ0v) is 52.0. The summed E-state index contributed by atoms with van der Waals surface area (Å²) in [5.74, 6) is -0.919. The van der Waals surface area contributed by atoms with Crippen LogP contribution in [0.3, 0.4) is 0 Å². The summed E-state index contributed by atoms with van der Waals surface area (Å²) in [6, 6.07) is 0. The summed E-state index contributed by atoms with van der Waals surface area (Å²) in [4.78, 5) is 38.3. The molecule has 0 aromatic carbocycles. The van der Waals surface area contributed by atoms with E-state index in [4.69, 9.17) is 14.2 Å². The number of carbonyl (C=O) groups excluding carboxylic acids is 3. The van der Waals surface area contributed by atoms with E-state index in [1.54, 1.807) is 0 Å². The van der Waals surface area contributed by atoms with Crippen molar-refractivity contribution in [2.45, 2.75) is 303 Å². The first-order chi connectivity index (χ1) is 39.5. The standard InChI is InChI=1S/C74H122O6/c1-4-7-10-13-16-19-22-24-26-28-30-32-33-34-35-36-37-38-39-40-41-43-44-46-48-50-52-55-58-61-64-67-73(76)79-70-71(69-78-72(75)66-63-60-57-54-21-18-15-12-9-6-3)80-74(77)68-65-62-59-56-53-51-49-47-45-42-31-29-27-25-23-20-17-14-11-8-5-2/h7,10,12,15-16,19,23-26,29-32,34-35,37-38,40-41,45,47,71H,4-6,8-9,11,13-14,17-18,20-22,27-28,33,36,39,42-44,46,48-70H2,1-3H3/b10-7-,15-12-,19-16-,25-23-,26-24-,31-29-,32-30-,35-34-,38-37-,41-40-,47-45-. The summed E-state index contributed by atoms with van der Waals surface area (Å²) < 4.78 is 16.9. The summed E-state index contributed by atoms with van der Waals surface area (Å²) in [7, 11) is 0. The van der Waals surface area contributed by atoms with E-state index in [1.807, 2.05) is 0 Å². The molecule has 0 heterocycles. The molecule has 0 aliphatic rings. The lowest BCUT2D eigenvalue weighted by molar-refractivity contribution is -0.167. The number of rotatable bonds is 59. The van der Waals surface area contributed by atoms with Gasteiger partial charge in [0.1, 0.15) is 13.2 Å². The van der Waals surface area contributed by atoms with Crippen LogP contribution >= 0.6 is 0 Å². The maximum atomic E-state index is 12.9. The molecule has 0 N–H and O–H groups in total. The largest absolute Gasteiger partial charge is 0.462 e. The van der Waals surface area contributed by atoms with Crippen LogP contribution in [0.2, 0.25) is 0 Å². The average molecular weight is 1110 g/mol. The minimum Gasteiger partial charge on any atom is -0.462 e. The molecule has 0 aliphatic heterocycles. The highest BCUT2D eigenvalue weighted by Gasteiger charge is 2.19. The van der Waals surface area contributed by atoms with Crippen molar-refractivity contribution < 1.29 is 28.6 Å². The fraction of sp³-hybridized carbons (Fsp3) is 0.662. The lowest BCUT2D eigenvalue weighted by atomic mass is 10.1. The molecule has 454 valence electrons. The number of hydrogen-bond acceptors (Lipinski definition) is 6. The van der Waals surface area contributed by atoms with Crippen molar-refractivity contribution in [3.8, 4) is 0 Å². The van der Waals surface area contributed by atoms with Gasteiger partial charge in [-0.25, -0.2) is 0 Å². The number of carbonyl (C=O) groups is 3. The van der Waals surface area contributed by atoms with Crippen molar-refractivity contribution in [1.82, 2.24) is 0 Å². The summed E-state index contributed by atoms with van der Waals surface area (Å²) in [6.45, 7) is 6.44. The van der Waals surface area contributed by atoms with Crippen molar-refractivity contribution >= 4 is 17.9 Å². The van der Waals surface area contributed by atoms with E-state index in [9.17, 15) is 14.4 Å². The normalized spacial score (nSPS) is 13.0. The Morgan fingerprint density at radius 1 is 0.263 bits per heavy atom. The number of esters is 3. The molecule has 0 aromatic heterocycles. The lowest BCUT2D eigenvalue weighted by Crippen LogP contribution is -2.30. The second-order valence-electron chi connectivity index (χ2n) is 21.6. The Bertz CT molecular complexity index is 1700. The minimum atomic E-state index is -0.796. The van der Waals surface area contributed by atoms with Gasteiger partial charge in [-0.05, 0) is 135 Å². The van der Waals surface area contributed by atoms with Gasteiger partial charge in [0.05, 0.1) is 0 Å². The Balaban J connectivity index is 4.27. The summed E-state index contributed by atoms with van der Waals surface area (Å²) in [5.41, 5.74) is 0. The third kappa shape index (κ3) is 64.4. The molecule has 0 fully saturated rings. The Hall–Kier alpha value is -4.45. The Morgan fingerprint density at radius 3 is 0.825 bits per heavy atom. The van der Waals surface area contributed by atoms with Crippen molar-refractivity contribution in [2.75, 3.05) is 13.2 Å². The Labute approximate surface area is 494 Å². The molecule has 0 saturated carbocycles. The summed E-state index contributed by atoms with van der Waals surface area (Å²) >= 11 is 0. The molecule has 0 spiro atoms. The molecule has 1 atom stereocenters.